The number of para-hydroxylation sites is 1. The van der Waals surface area contributed by atoms with Gasteiger partial charge in [-0.05, 0) is 69.7 Å². The van der Waals surface area contributed by atoms with E-state index in [0.29, 0.717) is 37.3 Å². The molecule has 1 aliphatic carbocycles. The van der Waals surface area contributed by atoms with E-state index in [-0.39, 0.29) is 34.8 Å². The second-order valence-electron chi connectivity index (χ2n) is 11.4. The van der Waals surface area contributed by atoms with Crippen LogP contribution in [0.4, 0.5) is 17.1 Å². The molecule has 4 aliphatic rings. The van der Waals surface area contributed by atoms with Gasteiger partial charge in [0.2, 0.25) is 0 Å². The van der Waals surface area contributed by atoms with Crippen LogP contribution in [0.15, 0.2) is 36.4 Å². The van der Waals surface area contributed by atoms with Crippen molar-refractivity contribution in [2.24, 2.45) is 0 Å². The number of rotatable bonds is 4. The van der Waals surface area contributed by atoms with Crippen molar-refractivity contribution >= 4 is 23.0 Å². The molecule has 3 atom stereocenters. The Bertz CT molecular complexity index is 1260. The zero-order chi connectivity index (χ0) is 26.6. The van der Waals surface area contributed by atoms with E-state index in [4.69, 9.17) is 9.47 Å². The first-order valence-corrected chi connectivity index (χ1v) is 13.8. The van der Waals surface area contributed by atoms with Crippen LogP contribution in [-0.4, -0.2) is 72.5 Å². The Kier molecular flexibility index (Phi) is 6.31. The maximum absolute atomic E-state index is 13.7. The molecule has 0 aromatic heterocycles. The maximum atomic E-state index is 13.7. The molecular weight excluding hydrogens is 484 g/mol. The largest absolute Gasteiger partial charge is 0.368 e. The molecule has 1 saturated carbocycles. The molecule has 3 fully saturated rings. The number of carbonyl (C=O) groups is 1. The predicted molar refractivity (Wildman–Crippen MR) is 145 cm³/mol. The molecule has 6 rings (SSSR count). The Morgan fingerprint density at radius 2 is 1.68 bits per heavy atom. The van der Waals surface area contributed by atoms with Crippen molar-refractivity contribution in [1.82, 2.24) is 4.90 Å². The van der Waals surface area contributed by atoms with Crippen LogP contribution in [0, 0.1) is 17.0 Å². The molecule has 0 bridgehead atoms. The number of benzene rings is 2. The van der Waals surface area contributed by atoms with Gasteiger partial charge >= 0.3 is 0 Å². The third-order valence-corrected chi connectivity index (χ3v) is 8.58. The highest BCUT2D eigenvalue weighted by atomic mass is 16.8. The van der Waals surface area contributed by atoms with Crippen LogP contribution >= 0.6 is 0 Å². The van der Waals surface area contributed by atoms with Gasteiger partial charge in [-0.2, -0.15) is 0 Å². The second kappa shape index (κ2) is 9.54. The van der Waals surface area contributed by atoms with Gasteiger partial charge in [0.05, 0.1) is 17.1 Å². The van der Waals surface area contributed by atoms with Crippen LogP contribution < -0.4 is 9.80 Å². The summed E-state index contributed by atoms with van der Waals surface area (Å²) in [6, 6.07) is 11.7. The van der Waals surface area contributed by atoms with Crippen molar-refractivity contribution in [3.63, 3.8) is 0 Å². The minimum Gasteiger partial charge on any atom is -0.368 e. The number of anilines is 2. The maximum Gasteiger partial charge on any atom is 0.293 e. The number of nitro groups is 1. The number of nitro benzene ring substituents is 1. The Morgan fingerprint density at radius 1 is 0.974 bits per heavy atom. The summed E-state index contributed by atoms with van der Waals surface area (Å²) in [7, 11) is 0. The van der Waals surface area contributed by atoms with Gasteiger partial charge in [-0.15, -0.1) is 0 Å². The molecule has 2 saturated heterocycles. The van der Waals surface area contributed by atoms with E-state index in [1.54, 1.807) is 0 Å². The van der Waals surface area contributed by atoms with Crippen molar-refractivity contribution in [2.75, 3.05) is 42.5 Å². The van der Waals surface area contributed by atoms with Gasteiger partial charge in [-0.1, -0.05) is 18.2 Å². The van der Waals surface area contributed by atoms with Crippen LogP contribution in [0.5, 0.6) is 0 Å². The molecule has 0 N–H and O–H groups in total. The van der Waals surface area contributed by atoms with Gasteiger partial charge in [0.1, 0.15) is 11.8 Å². The SMILES string of the molecule is Cc1ccccc1N1CCN(c2cc3c(cc2[N+](=O)[O-])C(=O)N([C@H]2CCC[C@@H]4OC(C)(C)O[C@@H]42)CC3)CC1. The van der Waals surface area contributed by atoms with E-state index < -0.39 is 5.79 Å². The quantitative estimate of drug-likeness (QED) is 0.439. The smallest absolute Gasteiger partial charge is 0.293 e. The van der Waals surface area contributed by atoms with Crippen LogP contribution in [0.2, 0.25) is 0 Å². The number of hydrogen-bond acceptors (Lipinski definition) is 7. The second-order valence-corrected chi connectivity index (χ2v) is 11.4. The number of carbonyl (C=O) groups excluding carboxylic acids is 1. The lowest BCUT2D eigenvalue weighted by atomic mass is 9.86. The lowest BCUT2D eigenvalue weighted by molar-refractivity contribution is -0.384. The molecule has 0 radical (unpaired) electrons. The van der Waals surface area contributed by atoms with Crippen molar-refractivity contribution in [3.05, 3.63) is 63.2 Å². The van der Waals surface area contributed by atoms with Gasteiger partial charge in [0.15, 0.2) is 5.79 Å². The molecule has 3 heterocycles. The molecule has 9 nitrogen and oxygen atoms in total. The number of amides is 1. The fraction of sp³-hybridized carbons (Fsp3) is 0.552. The number of hydrogen-bond donors (Lipinski definition) is 0. The number of nitrogens with zero attached hydrogens (tertiary/aromatic N) is 4. The van der Waals surface area contributed by atoms with Crippen LogP contribution in [0.3, 0.4) is 0 Å². The van der Waals surface area contributed by atoms with Crippen LogP contribution in [0.25, 0.3) is 0 Å². The lowest BCUT2D eigenvalue weighted by Gasteiger charge is -2.42. The summed E-state index contributed by atoms with van der Waals surface area (Å²) < 4.78 is 12.3. The van der Waals surface area contributed by atoms with Crippen molar-refractivity contribution in [3.8, 4) is 0 Å². The summed E-state index contributed by atoms with van der Waals surface area (Å²) in [6.45, 7) is 9.47. The minimum atomic E-state index is -0.661. The molecule has 1 amide bonds. The molecular formula is C29H36N4O5. The van der Waals surface area contributed by atoms with E-state index in [2.05, 4.69) is 28.9 Å². The lowest BCUT2D eigenvalue weighted by Crippen LogP contribution is -2.54. The van der Waals surface area contributed by atoms with E-state index in [9.17, 15) is 14.9 Å². The van der Waals surface area contributed by atoms with Crippen LogP contribution in [-0.2, 0) is 15.9 Å². The average Bonchev–Trinajstić information content (AvgIpc) is 3.23. The monoisotopic (exact) mass is 520 g/mol. The normalized spacial score (nSPS) is 26.8. The molecule has 2 aromatic carbocycles. The predicted octanol–water partition coefficient (Wildman–Crippen LogP) is 4.30. The summed E-state index contributed by atoms with van der Waals surface area (Å²) in [5.74, 6) is -0.796. The van der Waals surface area contributed by atoms with Gasteiger partial charge in [0, 0.05) is 50.0 Å². The summed E-state index contributed by atoms with van der Waals surface area (Å²) in [5.41, 5.74) is 4.40. The highest BCUT2D eigenvalue weighted by Crippen LogP contribution is 2.41. The van der Waals surface area contributed by atoms with E-state index in [0.717, 1.165) is 37.9 Å². The van der Waals surface area contributed by atoms with E-state index in [1.807, 2.05) is 36.9 Å². The third kappa shape index (κ3) is 4.41. The Hall–Kier alpha value is -3.17. The third-order valence-electron chi connectivity index (χ3n) is 8.58. The number of ether oxygens (including phenoxy) is 2. The van der Waals surface area contributed by atoms with E-state index in [1.165, 1.54) is 17.3 Å². The summed E-state index contributed by atoms with van der Waals surface area (Å²) in [5, 5.41) is 12.2. The number of aryl methyl sites for hydroxylation is 1. The molecule has 2 aromatic rings. The Morgan fingerprint density at radius 3 is 2.39 bits per heavy atom. The first-order valence-electron chi connectivity index (χ1n) is 13.8. The average molecular weight is 521 g/mol. The molecule has 3 aliphatic heterocycles. The minimum absolute atomic E-state index is 0.00592. The van der Waals surface area contributed by atoms with Gasteiger partial charge < -0.3 is 24.2 Å². The standard InChI is InChI=1S/C29H36N4O5/c1-19-7-4-5-8-22(19)30-13-15-31(16-14-30)24-17-20-11-12-32(28(34)21(20)18-25(24)33(35)36)23-9-6-10-26-27(23)38-29(2,3)37-26/h4-5,7-8,17-18,23,26-27H,6,9-16H2,1-3H3/t23-,26-,27+/m0/s1. The van der Waals surface area contributed by atoms with Crippen molar-refractivity contribution in [2.45, 2.75) is 70.5 Å². The molecule has 202 valence electrons. The summed E-state index contributed by atoms with van der Waals surface area (Å²) in [6.07, 6.45) is 3.24. The molecule has 0 spiro atoms. The number of fused-ring (bicyclic) bond motifs is 2. The van der Waals surface area contributed by atoms with Gasteiger partial charge in [-0.25, -0.2) is 0 Å². The van der Waals surface area contributed by atoms with Crippen LogP contribution in [0.1, 0.15) is 54.6 Å². The highest BCUT2D eigenvalue weighted by Gasteiger charge is 2.50. The molecule has 9 heteroatoms. The van der Waals surface area contributed by atoms with Crippen molar-refractivity contribution in [1.29, 1.82) is 0 Å². The first-order chi connectivity index (χ1) is 18.2. The van der Waals surface area contributed by atoms with Gasteiger partial charge in [0.25, 0.3) is 11.6 Å². The topological polar surface area (TPSA) is 88.4 Å². The van der Waals surface area contributed by atoms with Gasteiger partial charge in [-0.3, -0.25) is 14.9 Å². The Labute approximate surface area is 223 Å². The zero-order valence-corrected chi connectivity index (χ0v) is 22.4. The highest BCUT2D eigenvalue weighted by molar-refractivity contribution is 5.98. The Balaban J connectivity index is 1.24. The molecule has 38 heavy (non-hydrogen) atoms. The van der Waals surface area contributed by atoms with Crippen molar-refractivity contribution < 1.29 is 19.2 Å². The first kappa shape index (κ1) is 25.1. The van der Waals surface area contributed by atoms with E-state index >= 15 is 0 Å². The fourth-order valence-corrected chi connectivity index (χ4v) is 6.78. The summed E-state index contributed by atoms with van der Waals surface area (Å²) >= 11 is 0. The fourth-order valence-electron chi connectivity index (χ4n) is 6.78. The number of piperazine rings is 1. The summed E-state index contributed by atoms with van der Waals surface area (Å²) in [4.78, 5) is 31.9. The molecule has 0 unspecified atom stereocenters. The zero-order valence-electron chi connectivity index (χ0n) is 22.4.